The Morgan fingerprint density at radius 2 is 1.83 bits per heavy atom. The van der Waals surface area contributed by atoms with Gasteiger partial charge in [-0.3, -0.25) is 14.0 Å². The molecule has 0 saturated carbocycles. The molecule has 2 saturated heterocycles. The smallest absolute Gasteiger partial charge is 0.265 e. The Hall–Kier alpha value is -2.16. The van der Waals surface area contributed by atoms with Crippen molar-refractivity contribution in [1.82, 2.24) is 9.80 Å². The molecule has 3 heterocycles. The zero-order valence-electron chi connectivity index (χ0n) is 16.3. The molecule has 2 aromatic carbocycles. The first kappa shape index (κ1) is 18.8. The highest BCUT2D eigenvalue weighted by Crippen LogP contribution is 2.41. The van der Waals surface area contributed by atoms with Crippen LogP contribution in [0.5, 0.6) is 0 Å². The van der Waals surface area contributed by atoms with Gasteiger partial charge in [0.05, 0.1) is 16.7 Å². The number of sulfonamides is 1. The zero-order chi connectivity index (χ0) is 20.0. The Balaban J connectivity index is 1.28. The van der Waals surface area contributed by atoms with Crippen molar-refractivity contribution in [3.8, 4) is 0 Å². The van der Waals surface area contributed by atoms with Gasteiger partial charge in [0, 0.05) is 44.7 Å². The van der Waals surface area contributed by atoms with E-state index < -0.39 is 10.0 Å². The summed E-state index contributed by atoms with van der Waals surface area (Å²) in [6, 6.07) is 10.8. The van der Waals surface area contributed by atoms with Crippen LogP contribution >= 0.6 is 0 Å². The Labute approximate surface area is 170 Å². The molecule has 7 nitrogen and oxygen atoms in total. The Kier molecular flexibility index (Phi) is 4.72. The highest BCUT2D eigenvalue weighted by molar-refractivity contribution is 7.93. The van der Waals surface area contributed by atoms with Gasteiger partial charge < -0.3 is 9.64 Å². The van der Waals surface area contributed by atoms with E-state index >= 15 is 0 Å². The lowest BCUT2D eigenvalue weighted by atomic mass is 10.1. The van der Waals surface area contributed by atoms with E-state index in [0.29, 0.717) is 35.2 Å². The average Bonchev–Trinajstić information content (AvgIpc) is 3.31. The number of amides is 1. The van der Waals surface area contributed by atoms with Crippen molar-refractivity contribution in [1.29, 1.82) is 0 Å². The maximum Gasteiger partial charge on any atom is 0.265 e. The van der Waals surface area contributed by atoms with Gasteiger partial charge in [0.1, 0.15) is 6.54 Å². The summed E-state index contributed by atoms with van der Waals surface area (Å²) in [6.07, 6.45) is 2.55. The largest absolute Gasteiger partial charge is 0.377 e. The van der Waals surface area contributed by atoms with Gasteiger partial charge in [-0.1, -0.05) is 24.3 Å². The molecule has 0 aliphatic carbocycles. The highest BCUT2D eigenvalue weighted by atomic mass is 32.2. The molecule has 1 unspecified atom stereocenters. The molecule has 8 heteroatoms. The van der Waals surface area contributed by atoms with Crippen molar-refractivity contribution in [2.75, 3.05) is 50.2 Å². The first-order chi connectivity index (χ1) is 14.0. The number of rotatable bonds is 4. The molecular weight excluding hydrogens is 390 g/mol. The molecule has 5 rings (SSSR count). The van der Waals surface area contributed by atoms with E-state index in [1.54, 1.807) is 23.1 Å². The minimum Gasteiger partial charge on any atom is -0.377 e. The monoisotopic (exact) mass is 415 g/mol. The number of carbonyl (C=O) groups is 1. The lowest BCUT2D eigenvalue weighted by Crippen LogP contribution is -2.52. The van der Waals surface area contributed by atoms with E-state index in [1.807, 2.05) is 18.2 Å². The van der Waals surface area contributed by atoms with Crippen LogP contribution in [0.3, 0.4) is 0 Å². The van der Waals surface area contributed by atoms with Crippen LogP contribution in [0.2, 0.25) is 0 Å². The topological polar surface area (TPSA) is 70.2 Å². The molecule has 3 aliphatic heterocycles. The minimum absolute atomic E-state index is 0.143. The summed E-state index contributed by atoms with van der Waals surface area (Å²) in [6.45, 7) is 4.46. The molecule has 1 atom stereocenters. The average molecular weight is 416 g/mol. The van der Waals surface area contributed by atoms with Gasteiger partial charge >= 0.3 is 0 Å². The van der Waals surface area contributed by atoms with Crippen molar-refractivity contribution in [3.05, 3.63) is 36.4 Å². The zero-order valence-corrected chi connectivity index (χ0v) is 17.1. The van der Waals surface area contributed by atoms with Crippen molar-refractivity contribution >= 4 is 32.4 Å². The minimum atomic E-state index is -3.70. The number of anilines is 1. The molecule has 0 N–H and O–H groups in total. The van der Waals surface area contributed by atoms with Gasteiger partial charge in [0.25, 0.3) is 10.0 Å². The van der Waals surface area contributed by atoms with Gasteiger partial charge in [-0.15, -0.1) is 0 Å². The van der Waals surface area contributed by atoms with Crippen molar-refractivity contribution in [2.24, 2.45) is 0 Å². The molecule has 0 radical (unpaired) electrons. The number of hydrogen-bond acceptors (Lipinski definition) is 5. The third-order valence-electron chi connectivity index (χ3n) is 6.17. The van der Waals surface area contributed by atoms with Gasteiger partial charge in [-0.2, -0.15) is 0 Å². The molecule has 0 spiro atoms. The molecule has 2 aromatic rings. The second-order valence-corrected chi connectivity index (χ2v) is 9.79. The maximum atomic E-state index is 13.1. The summed E-state index contributed by atoms with van der Waals surface area (Å²) in [5, 5.41) is 1.59. The van der Waals surface area contributed by atoms with Gasteiger partial charge in [-0.25, -0.2) is 8.42 Å². The Morgan fingerprint density at radius 3 is 2.55 bits per heavy atom. The van der Waals surface area contributed by atoms with Crippen LogP contribution in [0.25, 0.3) is 10.8 Å². The third kappa shape index (κ3) is 3.29. The van der Waals surface area contributed by atoms with E-state index in [0.717, 1.165) is 44.5 Å². The van der Waals surface area contributed by atoms with E-state index in [1.165, 1.54) is 4.31 Å². The van der Waals surface area contributed by atoms with E-state index in [2.05, 4.69) is 4.90 Å². The lowest BCUT2D eigenvalue weighted by molar-refractivity contribution is -0.131. The first-order valence-corrected chi connectivity index (χ1v) is 11.6. The van der Waals surface area contributed by atoms with Gasteiger partial charge in [0.15, 0.2) is 0 Å². The second-order valence-electron chi connectivity index (χ2n) is 7.96. The third-order valence-corrected chi connectivity index (χ3v) is 7.97. The number of ether oxygens (including phenoxy) is 1. The van der Waals surface area contributed by atoms with E-state index in [4.69, 9.17) is 4.74 Å². The molecule has 2 fully saturated rings. The molecule has 0 bridgehead atoms. The van der Waals surface area contributed by atoms with Crippen LogP contribution in [-0.4, -0.2) is 76.1 Å². The normalized spacial score (nSPS) is 23.8. The number of piperazine rings is 1. The van der Waals surface area contributed by atoms with Crippen LogP contribution in [0.4, 0.5) is 5.69 Å². The summed E-state index contributed by atoms with van der Waals surface area (Å²) in [4.78, 5) is 17.4. The standard InChI is InChI=1S/C21H25N3O4S/c25-20(23-11-9-22(10-12-23)14-17-6-3-13-28-17)15-24-18-7-1-4-16-5-2-8-19(21(16)18)29(24,26)27/h1-2,4-5,7-8,17H,3,6,9-15H2. The van der Waals surface area contributed by atoms with Gasteiger partial charge in [-0.05, 0) is 30.4 Å². The maximum absolute atomic E-state index is 13.1. The number of carbonyl (C=O) groups excluding carboxylic acids is 1. The number of benzene rings is 2. The van der Waals surface area contributed by atoms with E-state index in [-0.39, 0.29) is 12.5 Å². The summed E-state index contributed by atoms with van der Waals surface area (Å²) in [7, 11) is -3.70. The quantitative estimate of drug-likeness (QED) is 0.760. The van der Waals surface area contributed by atoms with Crippen LogP contribution < -0.4 is 4.31 Å². The summed E-state index contributed by atoms with van der Waals surface area (Å²) >= 11 is 0. The molecule has 154 valence electrons. The number of nitrogens with zero attached hydrogens (tertiary/aromatic N) is 3. The number of hydrogen-bond donors (Lipinski definition) is 0. The van der Waals surface area contributed by atoms with Gasteiger partial charge in [0.2, 0.25) is 5.91 Å². The summed E-state index contributed by atoms with van der Waals surface area (Å²) in [5.74, 6) is -0.143. The first-order valence-electron chi connectivity index (χ1n) is 10.2. The second kappa shape index (κ2) is 7.27. The highest BCUT2D eigenvalue weighted by Gasteiger charge is 2.37. The fourth-order valence-electron chi connectivity index (χ4n) is 4.61. The Bertz CT molecular complexity index is 1040. The molecule has 29 heavy (non-hydrogen) atoms. The SMILES string of the molecule is O=C(CN1c2cccc3cccc(c23)S1(=O)=O)N1CCN(CC2CCCO2)CC1. The van der Waals surface area contributed by atoms with Crippen molar-refractivity contribution in [2.45, 2.75) is 23.8 Å². The van der Waals surface area contributed by atoms with Crippen molar-refractivity contribution in [3.63, 3.8) is 0 Å². The predicted octanol–water partition coefficient (Wildman–Crippen LogP) is 1.67. The fourth-order valence-corrected chi connectivity index (χ4v) is 6.27. The molecule has 1 amide bonds. The summed E-state index contributed by atoms with van der Waals surface area (Å²) in [5.41, 5.74) is 0.600. The Morgan fingerprint density at radius 1 is 1.07 bits per heavy atom. The fraction of sp³-hybridized carbons (Fsp3) is 0.476. The molecule has 0 aromatic heterocycles. The summed E-state index contributed by atoms with van der Waals surface area (Å²) < 4.78 is 33.1. The molecule has 3 aliphatic rings. The van der Waals surface area contributed by atoms with E-state index in [9.17, 15) is 13.2 Å². The van der Waals surface area contributed by atoms with Crippen LogP contribution in [0.1, 0.15) is 12.8 Å². The van der Waals surface area contributed by atoms with Crippen molar-refractivity contribution < 1.29 is 17.9 Å². The molecular formula is C21H25N3O4S. The van der Waals surface area contributed by atoms with Crippen LogP contribution in [0.15, 0.2) is 41.3 Å². The lowest BCUT2D eigenvalue weighted by Gasteiger charge is -2.36. The van der Waals surface area contributed by atoms with Crippen LogP contribution in [-0.2, 0) is 19.6 Å². The van der Waals surface area contributed by atoms with Crippen LogP contribution in [0, 0.1) is 0 Å². The predicted molar refractivity (Wildman–Crippen MR) is 110 cm³/mol.